The Kier molecular flexibility index (Phi) is 8.72. The summed E-state index contributed by atoms with van der Waals surface area (Å²) in [6.07, 6.45) is 7.84. The summed E-state index contributed by atoms with van der Waals surface area (Å²) in [4.78, 5) is 5.48. The van der Waals surface area contributed by atoms with Crippen LogP contribution < -0.4 is 10.6 Å². The van der Waals surface area contributed by atoms with Crippen molar-refractivity contribution in [2.75, 3.05) is 26.2 Å². The fourth-order valence-corrected chi connectivity index (χ4v) is 3.78. The minimum Gasteiger partial charge on any atom is -0.383 e. The van der Waals surface area contributed by atoms with E-state index in [0.29, 0.717) is 12.6 Å². The molecule has 142 valence electrons. The monoisotopic (exact) mass is 367 g/mol. The maximum atomic E-state index is 10.6. The van der Waals surface area contributed by atoms with E-state index in [-0.39, 0.29) is 0 Å². The van der Waals surface area contributed by atoms with Crippen molar-refractivity contribution in [3.05, 3.63) is 22.4 Å². The fraction of sp³-hybridized carbons (Fsp3) is 0.737. The van der Waals surface area contributed by atoms with Crippen molar-refractivity contribution in [3.63, 3.8) is 0 Å². The lowest BCUT2D eigenvalue weighted by Gasteiger charge is -2.22. The van der Waals surface area contributed by atoms with Gasteiger partial charge in [0.15, 0.2) is 5.96 Å². The van der Waals surface area contributed by atoms with Crippen molar-refractivity contribution in [1.82, 2.24) is 10.6 Å². The summed E-state index contributed by atoms with van der Waals surface area (Å²) < 4.78 is 5.95. The first kappa shape index (κ1) is 20.2. The Labute approximate surface area is 155 Å². The number of nitrogens with zero attached hydrogens (tertiary/aromatic N) is 1. The van der Waals surface area contributed by atoms with Crippen molar-refractivity contribution in [1.29, 1.82) is 0 Å². The second kappa shape index (κ2) is 10.8. The van der Waals surface area contributed by atoms with Gasteiger partial charge in [0.05, 0.1) is 12.6 Å². The van der Waals surface area contributed by atoms with Crippen LogP contribution >= 0.6 is 11.3 Å². The minimum absolute atomic E-state index is 0.335. The molecule has 0 aromatic carbocycles. The van der Waals surface area contributed by atoms with Gasteiger partial charge in [0.2, 0.25) is 0 Å². The summed E-state index contributed by atoms with van der Waals surface area (Å²) in [5, 5.41) is 19.1. The number of nitrogens with one attached hydrogen (secondary N) is 2. The Bertz CT molecular complexity index is 497. The third-order valence-electron chi connectivity index (χ3n) is 4.46. The van der Waals surface area contributed by atoms with Gasteiger partial charge in [-0.05, 0) is 44.6 Å². The van der Waals surface area contributed by atoms with Crippen molar-refractivity contribution in [2.45, 2.75) is 64.1 Å². The Hall–Kier alpha value is -1.11. The van der Waals surface area contributed by atoms with Crippen molar-refractivity contribution in [2.24, 2.45) is 4.99 Å². The lowest BCUT2D eigenvalue weighted by Crippen LogP contribution is -2.39. The first-order valence-corrected chi connectivity index (χ1v) is 10.4. The molecule has 1 fully saturated rings. The molecule has 1 atom stereocenters. The van der Waals surface area contributed by atoms with E-state index in [1.54, 1.807) is 11.3 Å². The maximum Gasteiger partial charge on any atom is 0.191 e. The molecule has 1 aromatic rings. The zero-order valence-corrected chi connectivity index (χ0v) is 16.4. The third kappa shape index (κ3) is 7.34. The van der Waals surface area contributed by atoms with Gasteiger partial charge in [0, 0.05) is 24.6 Å². The number of rotatable bonds is 9. The average Bonchev–Trinajstić information content (AvgIpc) is 3.16. The molecule has 0 aliphatic heterocycles. The van der Waals surface area contributed by atoms with Gasteiger partial charge in [-0.2, -0.15) is 0 Å². The van der Waals surface area contributed by atoms with Crippen molar-refractivity contribution < 1.29 is 9.84 Å². The van der Waals surface area contributed by atoms with Gasteiger partial charge in [0.1, 0.15) is 5.60 Å². The standard InChI is InChI=1S/C19H33N3O2S/c1-3-20-18(22-15-19(2,23)17-11-7-14-25-17)21-12-8-13-24-16-9-5-4-6-10-16/h7,11,14,16,23H,3-6,8-10,12-13,15H2,1-2H3,(H2,20,21,22). The normalized spacial score (nSPS) is 18.8. The molecule has 3 N–H and O–H groups in total. The molecule has 0 amide bonds. The van der Waals surface area contributed by atoms with Crippen LogP contribution in [0.1, 0.15) is 57.2 Å². The minimum atomic E-state index is -0.930. The molecule has 5 nitrogen and oxygen atoms in total. The lowest BCUT2D eigenvalue weighted by atomic mass is 9.98. The highest BCUT2D eigenvalue weighted by Gasteiger charge is 2.24. The topological polar surface area (TPSA) is 65.9 Å². The summed E-state index contributed by atoms with van der Waals surface area (Å²) in [6.45, 7) is 6.60. The molecule has 1 unspecified atom stereocenters. The summed E-state index contributed by atoms with van der Waals surface area (Å²) in [5.74, 6) is 0.747. The molecule has 0 radical (unpaired) electrons. The number of hydrogen-bond acceptors (Lipinski definition) is 4. The summed E-state index contributed by atoms with van der Waals surface area (Å²) in [7, 11) is 0. The Balaban J connectivity index is 1.70. The Morgan fingerprint density at radius 1 is 1.36 bits per heavy atom. The van der Waals surface area contributed by atoms with Gasteiger partial charge in [0.25, 0.3) is 0 Å². The smallest absolute Gasteiger partial charge is 0.191 e. The molecule has 1 aliphatic carbocycles. The fourth-order valence-electron chi connectivity index (χ4n) is 3.00. The van der Waals surface area contributed by atoms with E-state index in [1.165, 1.54) is 32.1 Å². The van der Waals surface area contributed by atoms with Crippen LogP contribution in [-0.2, 0) is 10.3 Å². The molecule has 25 heavy (non-hydrogen) atoms. The zero-order valence-electron chi connectivity index (χ0n) is 15.6. The quantitative estimate of drug-likeness (QED) is 0.356. The predicted molar refractivity (Wildman–Crippen MR) is 105 cm³/mol. The second-order valence-electron chi connectivity index (χ2n) is 6.86. The first-order chi connectivity index (χ1) is 12.1. The molecule has 2 rings (SSSR count). The molecular formula is C19H33N3O2S. The average molecular weight is 368 g/mol. The molecular weight excluding hydrogens is 334 g/mol. The number of guanidine groups is 1. The van der Waals surface area contributed by atoms with Gasteiger partial charge >= 0.3 is 0 Å². The van der Waals surface area contributed by atoms with E-state index in [2.05, 4.69) is 15.6 Å². The Morgan fingerprint density at radius 2 is 2.16 bits per heavy atom. The highest BCUT2D eigenvalue weighted by atomic mass is 32.1. The van der Waals surface area contributed by atoms with E-state index in [4.69, 9.17) is 4.74 Å². The van der Waals surface area contributed by atoms with Gasteiger partial charge in [-0.3, -0.25) is 0 Å². The number of aliphatic hydroxyl groups is 1. The number of thiophene rings is 1. The highest BCUT2D eigenvalue weighted by Crippen LogP contribution is 2.25. The maximum absolute atomic E-state index is 10.6. The van der Waals surface area contributed by atoms with E-state index < -0.39 is 5.60 Å². The molecule has 1 heterocycles. The summed E-state index contributed by atoms with van der Waals surface area (Å²) in [6, 6.07) is 3.90. The largest absolute Gasteiger partial charge is 0.383 e. The SMILES string of the molecule is CCNC(=NCC(C)(O)c1cccs1)NCCCOC1CCCCC1. The summed E-state index contributed by atoms with van der Waals surface area (Å²) >= 11 is 1.56. The molecule has 0 spiro atoms. The second-order valence-corrected chi connectivity index (χ2v) is 7.81. The molecule has 0 saturated heterocycles. The molecule has 1 aromatic heterocycles. The van der Waals surface area contributed by atoms with Crippen LogP contribution in [0.15, 0.2) is 22.5 Å². The van der Waals surface area contributed by atoms with E-state index in [9.17, 15) is 5.11 Å². The highest BCUT2D eigenvalue weighted by molar-refractivity contribution is 7.10. The summed E-state index contributed by atoms with van der Waals surface area (Å²) in [5.41, 5.74) is -0.930. The Morgan fingerprint density at radius 3 is 2.84 bits per heavy atom. The molecule has 1 saturated carbocycles. The first-order valence-electron chi connectivity index (χ1n) is 9.52. The van der Waals surface area contributed by atoms with Gasteiger partial charge in [-0.15, -0.1) is 11.3 Å². The van der Waals surface area contributed by atoms with E-state index in [1.807, 2.05) is 31.4 Å². The van der Waals surface area contributed by atoms with Crippen LogP contribution in [0.4, 0.5) is 0 Å². The number of hydrogen-bond donors (Lipinski definition) is 3. The van der Waals surface area contributed by atoms with Crippen LogP contribution in [-0.4, -0.2) is 43.4 Å². The van der Waals surface area contributed by atoms with E-state index >= 15 is 0 Å². The van der Waals surface area contributed by atoms with Gasteiger partial charge in [-0.25, -0.2) is 4.99 Å². The van der Waals surface area contributed by atoms with E-state index in [0.717, 1.165) is 37.0 Å². The van der Waals surface area contributed by atoms with Crippen LogP contribution in [0.25, 0.3) is 0 Å². The molecule has 6 heteroatoms. The van der Waals surface area contributed by atoms with Crippen LogP contribution in [0.5, 0.6) is 0 Å². The molecule has 0 bridgehead atoms. The van der Waals surface area contributed by atoms with Crippen molar-refractivity contribution in [3.8, 4) is 0 Å². The van der Waals surface area contributed by atoms with Crippen LogP contribution in [0.2, 0.25) is 0 Å². The predicted octanol–water partition coefficient (Wildman–Crippen LogP) is 3.25. The third-order valence-corrected chi connectivity index (χ3v) is 5.58. The van der Waals surface area contributed by atoms with Crippen LogP contribution in [0, 0.1) is 0 Å². The number of ether oxygens (including phenoxy) is 1. The van der Waals surface area contributed by atoms with Gasteiger partial charge < -0.3 is 20.5 Å². The van der Waals surface area contributed by atoms with Crippen molar-refractivity contribution >= 4 is 17.3 Å². The molecule has 1 aliphatic rings. The van der Waals surface area contributed by atoms with Crippen LogP contribution in [0.3, 0.4) is 0 Å². The lowest BCUT2D eigenvalue weighted by molar-refractivity contribution is 0.0276. The zero-order chi connectivity index (χ0) is 18.0. The number of aliphatic imine (C=N–C) groups is 1. The van der Waals surface area contributed by atoms with Gasteiger partial charge in [-0.1, -0.05) is 25.3 Å².